The van der Waals surface area contributed by atoms with Crippen molar-refractivity contribution in [3.05, 3.63) is 33.4 Å². The molecule has 0 fully saturated rings. The van der Waals surface area contributed by atoms with Crippen molar-refractivity contribution in [3.63, 3.8) is 0 Å². The summed E-state index contributed by atoms with van der Waals surface area (Å²) in [7, 11) is 0. The van der Waals surface area contributed by atoms with Crippen LogP contribution in [0.15, 0.2) is 23.0 Å². The van der Waals surface area contributed by atoms with E-state index < -0.39 is 0 Å². The Kier molecular flexibility index (Phi) is 3.03. The summed E-state index contributed by atoms with van der Waals surface area (Å²) < 4.78 is 6.14. The molecule has 0 unspecified atom stereocenters. The Labute approximate surface area is 101 Å². The van der Waals surface area contributed by atoms with E-state index in [1.165, 1.54) is 11.3 Å². The number of rotatable bonds is 2. The van der Waals surface area contributed by atoms with E-state index in [-0.39, 0.29) is 11.1 Å². The van der Waals surface area contributed by atoms with Gasteiger partial charge < -0.3 is 10.5 Å². The minimum absolute atomic E-state index is 0.154. The molecule has 2 aromatic rings. The molecule has 0 atom stereocenters. The second kappa shape index (κ2) is 4.31. The van der Waals surface area contributed by atoms with E-state index in [0.717, 1.165) is 4.70 Å². The van der Waals surface area contributed by atoms with Crippen molar-refractivity contribution in [3.8, 4) is 5.06 Å². The molecule has 0 bridgehead atoms. The molecule has 16 heavy (non-hydrogen) atoms. The third kappa shape index (κ3) is 1.86. The van der Waals surface area contributed by atoms with Gasteiger partial charge in [0.1, 0.15) is 5.69 Å². The van der Waals surface area contributed by atoms with Crippen LogP contribution in [0.5, 0.6) is 5.06 Å². The van der Waals surface area contributed by atoms with Crippen LogP contribution in [0, 0.1) is 0 Å². The third-order valence-corrected chi connectivity index (χ3v) is 3.46. The van der Waals surface area contributed by atoms with Gasteiger partial charge in [0.2, 0.25) is 10.5 Å². The van der Waals surface area contributed by atoms with E-state index in [9.17, 15) is 4.79 Å². The lowest BCUT2D eigenvalue weighted by molar-refractivity contribution is 0.351. The van der Waals surface area contributed by atoms with E-state index in [1.807, 2.05) is 6.92 Å². The van der Waals surface area contributed by atoms with E-state index in [2.05, 4.69) is 0 Å². The second-order valence-electron chi connectivity index (χ2n) is 3.21. The van der Waals surface area contributed by atoms with Gasteiger partial charge in [-0.05, 0) is 25.1 Å². The molecule has 0 radical (unpaired) electrons. The highest BCUT2D eigenvalue weighted by atomic mass is 35.5. The Balaban J connectivity index is 2.78. The monoisotopic (exact) mass is 255 g/mol. The maximum atomic E-state index is 11.9. The van der Waals surface area contributed by atoms with Gasteiger partial charge in [-0.25, -0.2) is 0 Å². The molecular weight excluding hydrogens is 246 g/mol. The summed E-state index contributed by atoms with van der Waals surface area (Å²) in [6.45, 7) is 2.34. The van der Waals surface area contributed by atoms with E-state index in [1.54, 1.807) is 18.2 Å². The normalized spacial score (nSPS) is 10.6. The predicted octanol–water partition coefficient (Wildman–Crippen LogP) is 2.90. The predicted molar refractivity (Wildman–Crippen MR) is 68.7 cm³/mol. The van der Waals surface area contributed by atoms with Crippen LogP contribution >= 0.6 is 22.9 Å². The summed E-state index contributed by atoms with van der Waals surface area (Å²) in [5, 5.41) is 1.54. The molecule has 1 aromatic carbocycles. The smallest absolute Gasteiger partial charge is 0.214 e. The van der Waals surface area contributed by atoms with Gasteiger partial charge in [-0.1, -0.05) is 22.9 Å². The number of benzene rings is 1. The molecular formula is C11H10ClNO2S. The molecule has 2 N–H and O–H groups in total. The number of hydrogen-bond acceptors (Lipinski definition) is 4. The molecule has 3 nitrogen and oxygen atoms in total. The highest BCUT2D eigenvalue weighted by Crippen LogP contribution is 2.31. The fraction of sp³-hybridized carbons (Fsp3) is 0.182. The molecule has 0 amide bonds. The maximum Gasteiger partial charge on any atom is 0.214 e. The van der Waals surface area contributed by atoms with Crippen molar-refractivity contribution in [2.45, 2.75) is 6.92 Å². The standard InChI is InChI=1S/C11H10ClNO2S/c1-2-15-11-9(13)10(14)7-5-6(12)3-4-8(7)16-11/h3-5H,2,13H2,1H3. The Hall–Kier alpha value is -1.26. The Morgan fingerprint density at radius 1 is 1.50 bits per heavy atom. The van der Waals surface area contributed by atoms with Crippen LogP contribution in [0.1, 0.15) is 6.92 Å². The first-order valence-corrected chi connectivity index (χ1v) is 5.97. The molecule has 1 heterocycles. The first-order chi connectivity index (χ1) is 7.63. The van der Waals surface area contributed by atoms with Crippen LogP contribution in [-0.4, -0.2) is 6.61 Å². The first-order valence-electron chi connectivity index (χ1n) is 4.78. The van der Waals surface area contributed by atoms with Crippen LogP contribution in [0.3, 0.4) is 0 Å². The highest BCUT2D eigenvalue weighted by molar-refractivity contribution is 7.20. The van der Waals surface area contributed by atoms with Gasteiger partial charge in [0.25, 0.3) is 0 Å². The zero-order valence-electron chi connectivity index (χ0n) is 8.62. The lowest BCUT2D eigenvalue weighted by Gasteiger charge is -2.06. The van der Waals surface area contributed by atoms with E-state index in [4.69, 9.17) is 22.1 Å². The van der Waals surface area contributed by atoms with Crippen molar-refractivity contribution in [2.24, 2.45) is 0 Å². The van der Waals surface area contributed by atoms with Crippen LogP contribution < -0.4 is 15.9 Å². The molecule has 84 valence electrons. The molecule has 0 spiro atoms. The SMILES string of the molecule is CCOc1sc2ccc(Cl)cc2c(=O)c1N. The molecule has 0 saturated carbocycles. The van der Waals surface area contributed by atoms with Gasteiger partial charge in [0.15, 0.2) is 0 Å². The Bertz CT molecular complexity index is 594. The quantitative estimate of drug-likeness (QED) is 0.898. The minimum Gasteiger partial charge on any atom is -0.483 e. The number of halogens is 1. The molecule has 0 aliphatic heterocycles. The Morgan fingerprint density at radius 3 is 2.94 bits per heavy atom. The fourth-order valence-corrected chi connectivity index (χ4v) is 2.55. The summed E-state index contributed by atoms with van der Waals surface area (Å²) in [5.74, 6) is 0. The van der Waals surface area contributed by atoms with Gasteiger partial charge >= 0.3 is 0 Å². The van der Waals surface area contributed by atoms with E-state index in [0.29, 0.717) is 22.1 Å². The number of ether oxygens (including phenoxy) is 1. The van der Waals surface area contributed by atoms with Crippen LogP contribution in [-0.2, 0) is 0 Å². The lowest BCUT2D eigenvalue weighted by Crippen LogP contribution is -2.09. The van der Waals surface area contributed by atoms with Gasteiger partial charge in [0, 0.05) is 15.1 Å². The Morgan fingerprint density at radius 2 is 2.25 bits per heavy atom. The highest BCUT2D eigenvalue weighted by Gasteiger charge is 2.10. The van der Waals surface area contributed by atoms with Gasteiger partial charge in [-0.3, -0.25) is 4.79 Å². The number of anilines is 1. The van der Waals surface area contributed by atoms with Crippen molar-refractivity contribution >= 4 is 38.7 Å². The zero-order valence-corrected chi connectivity index (χ0v) is 10.2. The number of nitrogen functional groups attached to an aromatic ring is 1. The van der Waals surface area contributed by atoms with Crippen molar-refractivity contribution in [1.82, 2.24) is 0 Å². The number of nitrogens with two attached hydrogens (primary N) is 1. The molecule has 0 aliphatic carbocycles. The summed E-state index contributed by atoms with van der Waals surface area (Å²) in [4.78, 5) is 11.9. The van der Waals surface area contributed by atoms with Gasteiger partial charge in [-0.2, -0.15) is 0 Å². The van der Waals surface area contributed by atoms with Crippen LogP contribution in [0.2, 0.25) is 5.02 Å². The minimum atomic E-state index is -0.222. The molecule has 2 rings (SSSR count). The first kappa shape index (κ1) is 11.2. The number of fused-ring (bicyclic) bond motifs is 1. The lowest BCUT2D eigenvalue weighted by atomic mass is 10.2. The van der Waals surface area contributed by atoms with Crippen molar-refractivity contribution < 1.29 is 4.74 Å². The summed E-state index contributed by atoms with van der Waals surface area (Å²) in [6, 6.07) is 5.17. The van der Waals surface area contributed by atoms with Crippen molar-refractivity contribution in [2.75, 3.05) is 12.3 Å². The fourth-order valence-electron chi connectivity index (χ4n) is 1.40. The summed E-state index contributed by atoms with van der Waals surface area (Å²) >= 11 is 7.19. The molecule has 5 heteroatoms. The topological polar surface area (TPSA) is 52.3 Å². The molecule has 0 aliphatic rings. The average Bonchev–Trinajstić information content (AvgIpc) is 2.27. The van der Waals surface area contributed by atoms with E-state index >= 15 is 0 Å². The second-order valence-corrected chi connectivity index (χ2v) is 4.66. The molecule has 1 aromatic heterocycles. The average molecular weight is 256 g/mol. The number of hydrogen-bond donors (Lipinski definition) is 1. The summed E-state index contributed by atoms with van der Waals surface area (Å²) in [6.07, 6.45) is 0. The van der Waals surface area contributed by atoms with Gasteiger partial charge in [0.05, 0.1) is 6.61 Å². The summed E-state index contributed by atoms with van der Waals surface area (Å²) in [5.41, 5.74) is 5.65. The van der Waals surface area contributed by atoms with Gasteiger partial charge in [-0.15, -0.1) is 0 Å². The third-order valence-electron chi connectivity index (χ3n) is 2.13. The zero-order chi connectivity index (χ0) is 11.7. The van der Waals surface area contributed by atoms with Crippen LogP contribution in [0.25, 0.3) is 10.1 Å². The van der Waals surface area contributed by atoms with Crippen LogP contribution in [0.4, 0.5) is 5.69 Å². The van der Waals surface area contributed by atoms with Crippen molar-refractivity contribution in [1.29, 1.82) is 0 Å². The largest absolute Gasteiger partial charge is 0.483 e. The maximum absolute atomic E-state index is 11.9. The molecule has 0 saturated heterocycles.